The number of nitrogens with two attached hydrogens (primary N) is 1. The quantitative estimate of drug-likeness (QED) is 0.903. The number of rotatable bonds is 4. The Morgan fingerprint density at radius 2 is 1.86 bits per heavy atom. The van der Waals surface area contributed by atoms with Gasteiger partial charge in [0.25, 0.3) is 0 Å². The van der Waals surface area contributed by atoms with Gasteiger partial charge in [-0.1, -0.05) is 17.7 Å². The maximum Gasteiger partial charge on any atom is 0.244 e. The zero-order chi connectivity index (χ0) is 15.0. The monoisotopic (exact) mass is 329 g/mol. The molecule has 7 heteroatoms. The summed E-state index contributed by atoms with van der Waals surface area (Å²) < 4.78 is 27.0. The van der Waals surface area contributed by atoms with E-state index in [2.05, 4.69) is 4.90 Å². The second-order valence-electron chi connectivity index (χ2n) is 5.64. The zero-order valence-corrected chi connectivity index (χ0v) is 13.4. The summed E-state index contributed by atoms with van der Waals surface area (Å²) in [6, 6.07) is 5.63. The fourth-order valence-corrected chi connectivity index (χ4v) is 4.71. The molecule has 0 unspecified atom stereocenters. The van der Waals surface area contributed by atoms with E-state index in [1.807, 2.05) is 0 Å². The summed E-state index contributed by atoms with van der Waals surface area (Å²) in [5.41, 5.74) is 6.36. The highest BCUT2D eigenvalue weighted by Crippen LogP contribution is 2.30. The first-order chi connectivity index (χ1) is 10.0. The van der Waals surface area contributed by atoms with Crippen molar-refractivity contribution in [1.29, 1.82) is 0 Å². The van der Waals surface area contributed by atoms with E-state index in [4.69, 9.17) is 17.3 Å². The molecule has 116 valence electrons. The predicted octanol–water partition coefficient (Wildman–Crippen LogP) is 1.27. The summed E-state index contributed by atoms with van der Waals surface area (Å²) in [7, 11) is -3.53. The van der Waals surface area contributed by atoms with E-state index in [-0.39, 0.29) is 9.92 Å². The molecule has 3 rings (SSSR count). The lowest BCUT2D eigenvalue weighted by molar-refractivity contribution is 0.180. The molecule has 1 saturated heterocycles. The molecule has 0 amide bonds. The Kier molecular flexibility index (Phi) is 4.25. The third-order valence-electron chi connectivity index (χ3n) is 4.19. The van der Waals surface area contributed by atoms with Crippen LogP contribution in [0.15, 0.2) is 23.1 Å². The van der Waals surface area contributed by atoms with Crippen LogP contribution in [-0.2, 0) is 16.6 Å². The highest BCUT2D eigenvalue weighted by molar-refractivity contribution is 7.89. The van der Waals surface area contributed by atoms with Crippen molar-refractivity contribution in [3.8, 4) is 0 Å². The van der Waals surface area contributed by atoms with Crippen molar-refractivity contribution in [2.75, 3.05) is 26.2 Å². The van der Waals surface area contributed by atoms with E-state index < -0.39 is 10.0 Å². The molecule has 0 spiro atoms. The van der Waals surface area contributed by atoms with Crippen LogP contribution in [0, 0.1) is 0 Å². The smallest absolute Gasteiger partial charge is 0.244 e. The van der Waals surface area contributed by atoms with Crippen molar-refractivity contribution in [3.05, 3.63) is 28.8 Å². The maximum atomic E-state index is 12.8. The molecule has 2 aliphatic rings. The minimum absolute atomic E-state index is 0.173. The number of nitrogens with zero attached hydrogens (tertiary/aromatic N) is 2. The lowest BCUT2D eigenvalue weighted by Gasteiger charge is -2.34. The molecule has 1 heterocycles. The standard InChI is InChI=1S/C14H20ClN3O2S/c15-13-4-1-11(10-16)9-14(13)21(19,20)18-7-5-17(6-8-18)12-2-3-12/h1,4,9,12H,2-3,5-8,10,16H2. The molecular weight excluding hydrogens is 310 g/mol. The summed E-state index contributed by atoms with van der Waals surface area (Å²) >= 11 is 6.09. The molecule has 5 nitrogen and oxygen atoms in total. The van der Waals surface area contributed by atoms with Crippen molar-refractivity contribution in [2.45, 2.75) is 30.3 Å². The van der Waals surface area contributed by atoms with Crippen LogP contribution in [0.2, 0.25) is 5.02 Å². The molecule has 0 aromatic heterocycles. The van der Waals surface area contributed by atoms with Crippen molar-refractivity contribution in [2.24, 2.45) is 5.73 Å². The predicted molar refractivity (Wildman–Crippen MR) is 82.7 cm³/mol. The van der Waals surface area contributed by atoms with Crippen LogP contribution < -0.4 is 5.73 Å². The Hall–Kier alpha value is -0.660. The molecule has 0 bridgehead atoms. The van der Waals surface area contributed by atoms with Crippen LogP contribution in [0.3, 0.4) is 0 Å². The zero-order valence-electron chi connectivity index (χ0n) is 11.8. The Labute approximate surface area is 130 Å². The van der Waals surface area contributed by atoms with Crippen molar-refractivity contribution >= 4 is 21.6 Å². The van der Waals surface area contributed by atoms with Crippen molar-refractivity contribution in [1.82, 2.24) is 9.21 Å². The van der Waals surface area contributed by atoms with Gasteiger partial charge in [0, 0.05) is 38.8 Å². The molecule has 21 heavy (non-hydrogen) atoms. The largest absolute Gasteiger partial charge is 0.326 e. The first kappa shape index (κ1) is 15.2. The summed E-state index contributed by atoms with van der Waals surface area (Å²) in [5, 5.41) is 0.261. The molecule has 1 saturated carbocycles. The minimum atomic E-state index is -3.53. The fraction of sp³-hybridized carbons (Fsp3) is 0.571. The third-order valence-corrected chi connectivity index (χ3v) is 6.57. The van der Waals surface area contributed by atoms with Crippen LogP contribution in [0.4, 0.5) is 0 Å². The van der Waals surface area contributed by atoms with Gasteiger partial charge in [-0.15, -0.1) is 0 Å². The maximum absolute atomic E-state index is 12.8. The van der Waals surface area contributed by atoms with Crippen molar-refractivity contribution < 1.29 is 8.42 Å². The number of hydrogen-bond donors (Lipinski definition) is 1. The Morgan fingerprint density at radius 3 is 2.43 bits per heavy atom. The van der Waals surface area contributed by atoms with Gasteiger partial charge in [-0.3, -0.25) is 4.90 Å². The Morgan fingerprint density at radius 1 is 1.19 bits per heavy atom. The Bertz CT molecular complexity index is 623. The van der Waals surface area contributed by atoms with Gasteiger partial charge in [0.15, 0.2) is 0 Å². The van der Waals surface area contributed by atoms with Gasteiger partial charge in [0.1, 0.15) is 4.90 Å². The van der Waals surface area contributed by atoms with Gasteiger partial charge < -0.3 is 5.73 Å². The molecule has 0 radical (unpaired) electrons. The molecule has 1 aliphatic heterocycles. The van der Waals surface area contributed by atoms with E-state index in [0.717, 1.165) is 18.7 Å². The van der Waals surface area contributed by atoms with Crippen LogP contribution in [0.1, 0.15) is 18.4 Å². The highest BCUT2D eigenvalue weighted by Gasteiger charge is 2.35. The molecule has 1 aromatic carbocycles. The van der Waals surface area contributed by atoms with Gasteiger partial charge in [-0.2, -0.15) is 4.31 Å². The fourth-order valence-electron chi connectivity index (χ4n) is 2.76. The first-order valence-corrected chi connectivity index (χ1v) is 9.07. The molecule has 1 aliphatic carbocycles. The van der Waals surface area contributed by atoms with Crippen LogP contribution in [0.25, 0.3) is 0 Å². The highest BCUT2D eigenvalue weighted by atomic mass is 35.5. The molecule has 0 atom stereocenters. The molecule has 2 N–H and O–H groups in total. The first-order valence-electron chi connectivity index (χ1n) is 7.25. The molecular formula is C14H20ClN3O2S. The van der Waals surface area contributed by atoms with E-state index in [0.29, 0.717) is 25.7 Å². The summed E-state index contributed by atoms with van der Waals surface area (Å²) in [4.78, 5) is 2.55. The number of hydrogen-bond acceptors (Lipinski definition) is 4. The molecule has 2 fully saturated rings. The average Bonchev–Trinajstić information content (AvgIpc) is 3.32. The van der Waals surface area contributed by atoms with Crippen LogP contribution in [-0.4, -0.2) is 49.8 Å². The van der Waals surface area contributed by atoms with Crippen LogP contribution in [0.5, 0.6) is 0 Å². The van der Waals surface area contributed by atoms with Gasteiger partial charge in [-0.25, -0.2) is 8.42 Å². The van der Waals surface area contributed by atoms with Gasteiger partial charge in [0.2, 0.25) is 10.0 Å². The summed E-state index contributed by atoms with van der Waals surface area (Å²) in [5.74, 6) is 0. The number of sulfonamides is 1. The number of halogens is 1. The van der Waals surface area contributed by atoms with E-state index >= 15 is 0 Å². The summed E-state index contributed by atoms with van der Waals surface area (Å²) in [6.07, 6.45) is 2.49. The van der Waals surface area contributed by atoms with Gasteiger partial charge in [-0.05, 0) is 30.5 Å². The van der Waals surface area contributed by atoms with E-state index in [1.165, 1.54) is 17.1 Å². The van der Waals surface area contributed by atoms with E-state index in [1.54, 1.807) is 18.2 Å². The normalized spacial score (nSPS) is 21.6. The summed E-state index contributed by atoms with van der Waals surface area (Å²) in [6.45, 7) is 2.97. The second kappa shape index (κ2) is 5.85. The topological polar surface area (TPSA) is 66.6 Å². The van der Waals surface area contributed by atoms with Gasteiger partial charge in [0.05, 0.1) is 5.02 Å². The third kappa shape index (κ3) is 3.10. The van der Waals surface area contributed by atoms with E-state index in [9.17, 15) is 8.42 Å². The SMILES string of the molecule is NCc1ccc(Cl)c(S(=O)(=O)N2CCN(C3CC3)CC2)c1. The lowest BCUT2D eigenvalue weighted by Crippen LogP contribution is -2.49. The minimum Gasteiger partial charge on any atom is -0.326 e. The Balaban J connectivity index is 1.80. The second-order valence-corrected chi connectivity index (χ2v) is 7.95. The lowest BCUT2D eigenvalue weighted by atomic mass is 10.2. The van der Waals surface area contributed by atoms with Crippen molar-refractivity contribution in [3.63, 3.8) is 0 Å². The van der Waals surface area contributed by atoms with Crippen LogP contribution >= 0.6 is 11.6 Å². The number of benzene rings is 1. The number of piperazine rings is 1. The average molecular weight is 330 g/mol. The van der Waals surface area contributed by atoms with Gasteiger partial charge >= 0.3 is 0 Å². The molecule has 1 aromatic rings.